The molecule has 1 aliphatic rings. The van der Waals surface area contributed by atoms with Crippen molar-refractivity contribution in [2.45, 2.75) is 64.2 Å². The number of nitrogens with zero attached hydrogens (tertiary/aromatic N) is 1. The van der Waals surface area contributed by atoms with Gasteiger partial charge >= 0.3 is 0 Å². The number of rotatable bonds is 9. The molecule has 2 aromatic heterocycles. The molecule has 1 amide bonds. The summed E-state index contributed by atoms with van der Waals surface area (Å²) < 4.78 is 5.36. The largest absolute Gasteiger partial charge is 0.465 e. The highest BCUT2D eigenvalue weighted by Gasteiger charge is 2.23. The molecular formula is C33H36N2O2S. The molecule has 1 fully saturated rings. The number of unbranched alkanes of at least 4 members (excludes halogenated alkanes) is 1. The van der Waals surface area contributed by atoms with Gasteiger partial charge in [-0.2, -0.15) is 0 Å². The first-order chi connectivity index (χ1) is 18.7. The number of nitrogens with one attached hydrogen (secondary N) is 1. The normalized spacial score (nSPS) is 17.9. The van der Waals surface area contributed by atoms with Crippen LogP contribution >= 0.6 is 11.3 Å². The van der Waals surface area contributed by atoms with E-state index in [4.69, 9.17) is 9.40 Å². The first kappa shape index (κ1) is 26.2. The van der Waals surface area contributed by atoms with Crippen molar-refractivity contribution < 1.29 is 9.21 Å². The molecule has 1 N–H and O–H groups in total. The Morgan fingerprint density at radius 1 is 1.05 bits per heavy atom. The van der Waals surface area contributed by atoms with Crippen molar-refractivity contribution in [2.24, 2.45) is 5.92 Å². The number of thiazole rings is 1. The number of aromatic nitrogens is 1. The molecule has 5 heteroatoms. The summed E-state index contributed by atoms with van der Waals surface area (Å²) in [6, 6.07) is 20.2. The fourth-order valence-electron chi connectivity index (χ4n) is 5.37. The van der Waals surface area contributed by atoms with Gasteiger partial charge in [-0.3, -0.25) is 4.79 Å². The summed E-state index contributed by atoms with van der Waals surface area (Å²) in [6.45, 7) is 2.08. The van der Waals surface area contributed by atoms with Crippen molar-refractivity contribution in [3.63, 3.8) is 0 Å². The molecule has 0 saturated heterocycles. The van der Waals surface area contributed by atoms with Crippen molar-refractivity contribution >= 4 is 29.0 Å². The molecule has 2 atom stereocenters. The number of amides is 1. The fraction of sp³-hybridized carbons (Fsp3) is 0.333. The van der Waals surface area contributed by atoms with Gasteiger partial charge in [-0.1, -0.05) is 73.4 Å². The molecule has 4 nitrogen and oxygen atoms in total. The van der Waals surface area contributed by atoms with Gasteiger partial charge < -0.3 is 9.73 Å². The second-order valence-corrected chi connectivity index (χ2v) is 11.2. The van der Waals surface area contributed by atoms with E-state index >= 15 is 0 Å². The number of carbonyl (C=O) groups excluding carboxylic acids is 1. The molecule has 0 aliphatic heterocycles. The lowest BCUT2D eigenvalue weighted by Gasteiger charge is -2.13. The summed E-state index contributed by atoms with van der Waals surface area (Å²) in [7, 11) is 0. The average molecular weight is 525 g/mol. The van der Waals surface area contributed by atoms with Gasteiger partial charge in [-0.25, -0.2) is 4.98 Å². The number of para-hydroxylation sites is 1. The summed E-state index contributed by atoms with van der Waals surface area (Å²) in [4.78, 5) is 17.9. The number of anilines is 1. The van der Waals surface area contributed by atoms with E-state index < -0.39 is 0 Å². The maximum Gasteiger partial charge on any atom is 0.275 e. The number of hydrogen-bond acceptors (Lipinski definition) is 4. The maximum atomic E-state index is 13.1. The Bertz CT molecular complexity index is 1340. The Balaban J connectivity index is 1.14. The minimum Gasteiger partial charge on any atom is -0.465 e. The molecule has 2 unspecified atom stereocenters. The quantitative estimate of drug-likeness (QED) is 0.175. The molecule has 0 bridgehead atoms. The van der Waals surface area contributed by atoms with E-state index in [9.17, 15) is 4.79 Å². The third-order valence-corrected chi connectivity index (χ3v) is 8.55. The van der Waals surface area contributed by atoms with Crippen molar-refractivity contribution in [2.75, 3.05) is 5.32 Å². The second-order valence-electron chi connectivity index (χ2n) is 10.4. The van der Waals surface area contributed by atoms with Crippen molar-refractivity contribution in [3.05, 3.63) is 100 Å². The van der Waals surface area contributed by atoms with Crippen LogP contribution in [0.4, 0.5) is 5.69 Å². The molecule has 2 aromatic carbocycles. The van der Waals surface area contributed by atoms with Crippen LogP contribution in [0.25, 0.3) is 17.2 Å². The Kier molecular flexibility index (Phi) is 8.87. The number of allylic oxidation sites excluding steroid dienone is 1. The number of hydrogen-bond donors (Lipinski definition) is 1. The van der Waals surface area contributed by atoms with Crippen LogP contribution < -0.4 is 5.32 Å². The molecule has 1 aliphatic carbocycles. The van der Waals surface area contributed by atoms with Gasteiger partial charge in [-0.15, -0.1) is 11.3 Å². The summed E-state index contributed by atoms with van der Waals surface area (Å²) in [5.74, 6) is 2.04. The van der Waals surface area contributed by atoms with Gasteiger partial charge in [0.2, 0.25) is 0 Å². The first-order valence-corrected chi connectivity index (χ1v) is 14.7. The van der Waals surface area contributed by atoms with Crippen LogP contribution in [0.2, 0.25) is 0 Å². The number of aryl methyl sites for hydroxylation is 1. The van der Waals surface area contributed by atoms with Crippen molar-refractivity contribution in [3.8, 4) is 11.1 Å². The standard InChI is InChI=1S/C33H36N2O2S/c1-24-16-19-26(20-17-24)29-14-5-6-15-30(29)34-32(36)31-23-38-33(35-31)27-11-7-10-25(18-21-27)9-3-2-4-12-28-13-8-22-37-28/h4-6,8,12-17,19-20,22-23,25,27H,2-3,7,9-11,18,21H2,1H3,(H,34,36)/b12-4-. The van der Waals surface area contributed by atoms with E-state index in [1.54, 1.807) is 17.6 Å². The van der Waals surface area contributed by atoms with E-state index in [-0.39, 0.29) is 5.91 Å². The van der Waals surface area contributed by atoms with Crippen LogP contribution in [0.1, 0.15) is 84.1 Å². The number of carbonyl (C=O) groups is 1. The zero-order valence-corrected chi connectivity index (χ0v) is 22.9. The minimum absolute atomic E-state index is 0.138. The first-order valence-electron chi connectivity index (χ1n) is 13.8. The molecule has 38 heavy (non-hydrogen) atoms. The van der Waals surface area contributed by atoms with Crippen LogP contribution in [0.3, 0.4) is 0 Å². The van der Waals surface area contributed by atoms with Gasteiger partial charge in [-0.05, 0) is 74.8 Å². The van der Waals surface area contributed by atoms with E-state index in [0.29, 0.717) is 11.6 Å². The van der Waals surface area contributed by atoms with Crippen LogP contribution in [-0.2, 0) is 0 Å². The molecule has 0 spiro atoms. The zero-order valence-electron chi connectivity index (χ0n) is 22.1. The lowest BCUT2D eigenvalue weighted by molar-refractivity contribution is 0.102. The molecule has 4 aromatic rings. The SMILES string of the molecule is Cc1ccc(-c2ccccc2NC(=O)c2csc(C3CCCC(CCC/C=C\c4ccco4)CC3)n2)cc1. The third kappa shape index (κ3) is 6.90. The molecular weight excluding hydrogens is 488 g/mol. The predicted octanol–water partition coefficient (Wildman–Crippen LogP) is 9.51. The third-order valence-electron chi connectivity index (χ3n) is 7.54. The van der Waals surface area contributed by atoms with E-state index in [0.717, 1.165) is 46.3 Å². The van der Waals surface area contributed by atoms with Crippen molar-refractivity contribution in [1.29, 1.82) is 0 Å². The second kappa shape index (κ2) is 12.9. The Labute approximate surface area is 229 Å². The monoisotopic (exact) mass is 524 g/mol. The molecule has 2 heterocycles. The highest BCUT2D eigenvalue weighted by atomic mass is 32.1. The summed E-state index contributed by atoms with van der Waals surface area (Å²) in [5.41, 5.74) is 4.66. The highest BCUT2D eigenvalue weighted by molar-refractivity contribution is 7.10. The minimum atomic E-state index is -0.138. The van der Waals surface area contributed by atoms with Crippen LogP contribution in [0.15, 0.2) is 82.8 Å². The summed E-state index contributed by atoms with van der Waals surface area (Å²) in [5, 5.41) is 6.15. The Morgan fingerprint density at radius 2 is 1.92 bits per heavy atom. The van der Waals surface area contributed by atoms with Crippen LogP contribution in [0.5, 0.6) is 0 Å². The van der Waals surface area contributed by atoms with Crippen LogP contribution in [-0.4, -0.2) is 10.9 Å². The smallest absolute Gasteiger partial charge is 0.275 e. The van der Waals surface area contributed by atoms with E-state index in [1.165, 1.54) is 44.1 Å². The van der Waals surface area contributed by atoms with Gasteiger partial charge in [0.1, 0.15) is 11.5 Å². The Hall–Kier alpha value is -3.44. The lowest BCUT2D eigenvalue weighted by Crippen LogP contribution is -2.13. The summed E-state index contributed by atoms with van der Waals surface area (Å²) >= 11 is 1.64. The van der Waals surface area contributed by atoms with E-state index in [2.05, 4.69) is 48.7 Å². The van der Waals surface area contributed by atoms with Gasteiger partial charge in [0.15, 0.2) is 0 Å². The van der Waals surface area contributed by atoms with Crippen molar-refractivity contribution in [1.82, 2.24) is 4.98 Å². The lowest BCUT2D eigenvalue weighted by atomic mass is 9.93. The average Bonchev–Trinajstić information content (AvgIpc) is 3.59. The molecule has 1 saturated carbocycles. The van der Waals surface area contributed by atoms with Gasteiger partial charge in [0.05, 0.1) is 11.3 Å². The van der Waals surface area contributed by atoms with E-state index in [1.807, 2.05) is 41.8 Å². The number of benzene rings is 2. The zero-order chi connectivity index (χ0) is 26.2. The predicted molar refractivity (Wildman–Crippen MR) is 158 cm³/mol. The summed E-state index contributed by atoms with van der Waals surface area (Å²) in [6.07, 6.45) is 15.7. The molecule has 196 valence electrons. The van der Waals surface area contributed by atoms with Crippen LogP contribution in [0, 0.1) is 12.8 Å². The maximum absolute atomic E-state index is 13.1. The van der Waals surface area contributed by atoms with Gasteiger partial charge in [0.25, 0.3) is 5.91 Å². The fourth-order valence-corrected chi connectivity index (χ4v) is 6.34. The molecule has 5 rings (SSSR count). The Morgan fingerprint density at radius 3 is 2.76 bits per heavy atom. The van der Waals surface area contributed by atoms with Gasteiger partial charge in [0, 0.05) is 22.5 Å². The molecule has 0 radical (unpaired) electrons. The highest BCUT2D eigenvalue weighted by Crippen LogP contribution is 2.37. The topological polar surface area (TPSA) is 55.1 Å². The number of furan rings is 1.